The average molecular weight is 323 g/mol. The van der Waals surface area contributed by atoms with E-state index in [2.05, 4.69) is 25.7 Å². The maximum atomic E-state index is 12.2. The Kier molecular flexibility index (Phi) is 4.01. The Labute approximate surface area is 122 Å². The Bertz CT molecular complexity index is 465. The van der Waals surface area contributed by atoms with Crippen molar-refractivity contribution in [3.63, 3.8) is 0 Å². The molecule has 0 aromatic heterocycles. The van der Waals surface area contributed by atoms with Crippen LogP contribution in [0.15, 0.2) is 28.7 Å². The molecule has 0 bridgehead atoms. The van der Waals surface area contributed by atoms with Crippen LogP contribution in [0.4, 0.5) is 0 Å². The number of hydrogen-bond donors (Lipinski definition) is 0. The minimum Gasteiger partial charge on any atom is -0.298 e. The van der Waals surface area contributed by atoms with Crippen molar-refractivity contribution < 1.29 is 4.79 Å². The van der Waals surface area contributed by atoms with E-state index in [4.69, 9.17) is 0 Å². The number of Topliss-reactive ketones (excluding diaryl/α,β-unsaturated/α-hetero) is 1. The Morgan fingerprint density at radius 2 is 1.95 bits per heavy atom. The highest BCUT2D eigenvalue weighted by atomic mass is 79.9. The van der Waals surface area contributed by atoms with Gasteiger partial charge in [0.2, 0.25) is 0 Å². The maximum Gasteiger partial charge on any atom is 0.176 e. The number of carbonyl (C=O) groups is 1. The molecule has 1 aliphatic carbocycles. The van der Waals surface area contributed by atoms with Crippen molar-refractivity contribution >= 4 is 21.7 Å². The van der Waals surface area contributed by atoms with Gasteiger partial charge in [-0.1, -0.05) is 28.1 Å². The summed E-state index contributed by atoms with van der Waals surface area (Å²) in [5, 5.41) is 0. The second-order valence-corrected chi connectivity index (χ2v) is 6.39. The second-order valence-electron chi connectivity index (χ2n) is 5.48. The van der Waals surface area contributed by atoms with E-state index in [1.807, 2.05) is 24.3 Å². The van der Waals surface area contributed by atoms with Crippen molar-refractivity contribution in [3.05, 3.63) is 34.3 Å². The van der Waals surface area contributed by atoms with Gasteiger partial charge in [0.05, 0.1) is 6.54 Å². The van der Waals surface area contributed by atoms with Gasteiger partial charge in [0, 0.05) is 42.3 Å². The van der Waals surface area contributed by atoms with Gasteiger partial charge in [0.15, 0.2) is 5.78 Å². The van der Waals surface area contributed by atoms with Crippen LogP contribution in [0, 0.1) is 0 Å². The highest BCUT2D eigenvalue weighted by Gasteiger charge is 2.31. The fraction of sp³-hybridized carbons (Fsp3) is 0.533. The number of nitrogens with zero attached hydrogens (tertiary/aromatic N) is 2. The van der Waals surface area contributed by atoms with Crippen LogP contribution in [0.2, 0.25) is 0 Å². The van der Waals surface area contributed by atoms with E-state index in [1.165, 1.54) is 12.8 Å². The molecule has 1 saturated carbocycles. The molecule has 19 heavy (non-hydrogen) atoms. The lowest BCUT2D eigenvalue weighted by Crippen LogP contribution is -2.48. The van der Waals surface area contributed by atoms with Crippen molar-refractivity contribution in [3.8, 4) is 0 Å². The number of halogens is 1. The SMILES string of the molecule is O=C(CN1CCN(C2CC2)CC1)c1cccc(Br)c1. The fourth-order valence-corrected chi connectivity index (χ4v) is 3.08. The van der Waals surface area contributed by atoms with Crippen molar-refractivity contribution in [2.24, 2.45) is 0 Å². The summed E-state index contributed by atoms with van der Waals surface area (Å²) in [5.41, 5.74) is 0.805. The zero-order valence-electron chi connectivity index (χ0n) is 11.0. The van der Waals surface area contributed by atoms with Gasteiger partial charge in [-0.3, -0.25) is 14.6 Å². The lowest BCUT2D eigenvalue weighted by atomic mass is 10.1. The average Bonchev–Trinajstić information content (AvgIpc) is 3.24. The van der Waals surface area contributed by atoms with E-state index in [9.17, 15) is 4.79 Å². The lowest BCUT2D eigenvalue weighted by Gasteiger charge is -2.34. The smallest absolute Gasteiger partial charge is 0.176 e. The number of rotatable bonds is 4. The van der Waals surface area contributed by atoms with Gasteiger partial charge in [-0.2, -0.15) is 0 Å². The van der Waals surface area contributed by atoms with Gasteiger partial charge in [0.25, 0.3) is 0 Å². The first-order valence-corrected chi connectivity index (χ1v) is 7.77. The number of piperazine rings is 1. The lowest BCUT2D eigenvalue weighted by molar-refractivity contribution is 0.0843. The highest BCUT2D eigenvalue weighted by molar-refractivity contribution is 9.10. The van der Waals surface area contributed by atoms with Gasteiger partial charge < -0.3 is 0 Å². The minimum absolute atomic E-state index is 0.223. The van der Waals surface area contributed by atoms with Crippen molar-refractivity contribution in [2.75, 3.05) is 32.7 Å². The molecular formula is C15H19BrN2O. The van der Waals surface area contributed by atoms with Crippen LogP contribution in [-0.4, -0.2) is 54.3 Å². The van der Waals surface area contributed by atoms with Crippen molar-refractivity contribution in [1.82, 2.24) is 9.80 Å². The van der Waals surface area contributed by atoms with Crippen LogP contribution >= 0.6 is 15.9 Å². The molecule has 0 atom stereocenters. The van der Waals surface area contributed by atoms with Gasteiger partial charge in [-0.15, -0.1) is 0 Å². The summed E-state index contributed by atoms with van der Waals surface area (Å²) in [6.07, 6.45) is 2.74. The molecule has 1 heterocycles. The van der Waals surface area contributed by atoms with E-state index < -0.39 is 0 Å². The Morgan fingerprint density at radius 3 is 2.58 bits per heavy atom. The molecule has 2 fully saturated rings. The molecule has 2 aliphatic rings. The van der Waals surface area contributed by atoms with Gasteiger partial charge in [-0.25, -0.2) is 0 Å². The van der Waals surface area contributed by atoms with Crippen LogP contribution in [0.5, 0.6) is 0 Å². The zero-order valence-corrected chi connectivity index (χ0v) is 12.6. The van der Waals surface area contributed by atoms with Crippen LogP contribution in [-0.2, 0) is 0 Å². The largest absolute Gasteiger partial charge is 0.298 e. The Balaban J connectivity index is 1.52. The topological polar surface area (TPSA) is 23.6 Å². The first-order valence-electron chi connectivity index (χ1n) is 6.97. The predicted molar refractivity (Wildman–Crippen MR) is 79.5 cm³/mol. The van der Waals surface area contributed by atoms with E-state index in [0.717, 1.165) is 42.3 Å². The summed E-state index contributed by atoms with van der Waals surface area (Å²) in [7, 11) is 0. The summed E-state index contributed by atoms with van der Waals surface area (Å²) in [6.45, 7) is 4.84. The van der Waals surface area contributed by atoms with E-state index >= 15 is 0 Å². The summed E-state index contributed by atoms with van der Waals surface area (Å²) in [6, 6.07) is 8.52. The van der Waals surface area contributed by atoms with Gasteiger partial charge in [0.1, 0.15) is 0 Å². The van der Waals surface area contributed by atoms with E-state index in [0.29, 0.717) is 6.54 Å². The van der Waals surface area contributed by atoms with E-state index in [1.54, 1.807) is 0 Å². The molecule has 1 saturated heterocycles. The third kappa shape index (κ3) is 3.44. The molecule has 3 rings (SSSR count). The van der Waals surface area contributed by atoms with E-state index in [-0.39, 0.29) is 5.78 Å². The molecule has 0 unspecified atom stereocenters. The molecule has 1 aliphatic heterocycles. The second kappa shape index (κ2) is 5.73. The first-order chi connectivity index (χ1) is 9.22. The number of ketones is 1. The Morgan fingerprint density at radius 1 is 1.21 bits per heavy atom. The monoisotopic (exact) mass is 322 g/mol. The molecule has 1 aromatic rings. The number of hydrogen-bond acceptors (Lipinski definition) is 3. The zero-order chi connectivity index (χ0) is 13.2. The molecule has 102 valence electrons. The third-order valence-electron chi connectivity index (χ3n) is 3.98. The van der Waals surface area contributed by atoms with Crippen LogP contribution in [0.3, 0.4) is 0 Å². The standard InChI is InChI=1S/C15H19BrN2O/c16-13-3-1-2-12(10-13)15(19)11-17-6-8-18(9-7-17)14-4-5-14/h1-3,10,14H,4-9,11H2. The molecule has 0 N–H and O–H groups in total. The minimum atomic E-state index is 0.223. The Hall–Kier alpha value is -0.710. The number of carbonyl (C=O) groups excluding carboxylic acids is 1. The molecule has 0 radical (unpaired) electrons. The predicted octanol–water partition coefficient (Wildman–Crippen LogP) is 2.41. The highest BCUT2D eigenvalue weighted by Crippen LogP contribution is 2.27. The van der Waals surface area contributed by atoms with Crippen molar-refractivity contribution in [1.29, 1.82) is 0 Å². The summed E-state index contributed by atoms with van der Waals surface area (Å²) in [4.78, 5) is 17.1. The molecule has 3 nitrogen and oxygen atoms in total. The molecule has 0 amide bonds. The van der Waals surface area contributed by atoms with Crippen LogP contribution < -0.4 is 0 Å². The van der Waals surface area contributed by atoms with Gasteiger partial charge >= 0.3 is 0 Å². The van der Waals surface area contributed by atoms with Crippen LogP contribution in [0.1, 0.15) is 23.2 Å². The summed E-state index contributed by atoms with van der Waals surface area (Å²) >= 11 is 3.41. The molecule has 4 heteroatoms. The third-order valence-corrected chi connectivity index (χ3v) is 4.48. The molecule has 1 aromatic carbocycles. The van der Waals surface area contributed by atoms with Crippen LogP contribution in [0.25, 0.3) is 0 Å². The van der Waals surface area contributed by atoms with Crippen molar-refractivity contribution in [2.45, 2.75) is 18.9 Å². The maximum absolute atomic E-state index is 12.2. The summed E-state index contributed by atoms with van der Waals surface area (Å²) < 4.78 is 0.969. The first kappa shape index (κ1) is 13.3. The fourth-order valence-electron chi connectivity index (χ4n) is 2.68. The normalized spacial score (nSPS) is 21.5. The molecular weight excluding hydrogens is 304 g/mol. The quantitative estimate of drug-likeness (QED) is 0.795. The number of benzene rings is 1. The van der Waals surface area contributed by atoms with Gasteiger partial charge in [-0.05, 0) is 25.0 Å². The summed E-state index contributed by atoms with van der Waals surface area (Å²) in [5.74, 6) is 0.223. The molecule has 0 spiro atoms.